The number of ether oxygens (including phenoxy) is 2. The van der Waals surface area contributed by atoms with E-state index in [1.807, 2.05) is 5.64 Å². The number of carbonyl (C=O) groups is 2. The highest BCUT2D eigenvalue weighted by Gasteiger charge is 2.12. The summed E-state index contributed by atoms with van der Waals surface area (Å²) in [4.78, 5) is 31.4. The second-order valence-electron chi connectivity index (χ2n) is 3.28. The fourth-order valence-corrected chi connectivity index (χ4v) is 0.674. The minimum Gasteiger partial charge on any atom is -0.431 e. The zero-order valence-corrected chi connectivity index (χ0v) is 10.6. The van der Waals surface area contributed by atoms with Crippen LogP contribution in [0.5, 0.6) is 0 Å². The first-order valence-electron chi connectivity index (χ1n) is 5.12. The van der Waals surface area contributed by atoms with E-state index in [0.29, 0.717) is 0 Å². The van der Waals surface area contributed by atoms with E-state index < -0.39 is 24.5 Å². The normalized spacial score (nSPS) is 13.3. The molecule has 0 rings (SSSR count). The molecule has 0 fully saturated rings. The van der Waals surface area contributed by atoms with Crippen molar-refractivity contribution in [3.05, 3.63) is 24.8 Å². The standard InChI is InChI=1S/C11H17NO6/c1-6-10(13)15-8(4)17-12-18-9(5)16-11(14)7(2)3/h6,8-9,12H,1-2H2,3-5H3. The molecule has 0 aromatic rings. The van der Waals surface area contributed by atoms with Gasteiger partial charge in [-0.3, -0.25) is 0 Å². The molecule has 0 bridgehead atoms. The molecule has 0 aromatic carbocycles. The summed E-state index contributed by atoms with van der Waals surface area (Å²) < 4.78 is 9.43. The summed E-state index contributed by atoms with van der Waals surface area (Å²) in [5.41, 5.74) is 2.29. The molecule has 102 valence electrons. The van der Waals surface area contributed by atoms with Gasteiger partial charge in [-0.2, -0.15) is 0 Å². The van der Waals surface area contributed by atoms with Gasteiger partial charge in [-0.1, -0.05) is 18.8 Å². The molecule has 0 aliphatic rings. The number of rotatable bonds is 8. The van der Waals surface area contributed by atoms with E-state index >= 15 is 0 Å². The molecule has 7 heteroatoms. The lowest BCUT2D eigenvalue weighted by Crippen LogP contribution is -2.31. The molecule has 0 saturated carbocycles. The van der Waals surface area contributed by atoms with E-state index in [1.54, 1.807) is 0 Å². The van der Waals surface area contributed by atoms with Crippen LogP contribution in [0.3, 0.4) is 0 Å². The third-order valence-corrected chi connectivity index (χ3v) is 1.50. The van der Waals surface area contributed by atoms with Crippen LogP contribution in [0, 0.1) is 0 Å². The third kappa shape index (κ3) is 7.55. The molecule has 0 aliphatic heterocycles. The first-order chi connectivity index (χ1) is 8.36. The Morgan fingerprint density at radius 1 is 1.17 bits per heavy atom. The van der Waals surface area contributed by atoms with Crippen molar-refractivity contribution in [2.75, 3.05) is 0 Å². The van der Waals surface area contributed by atoms with Crippen molar-refractivity contribution in [3.8, 4) is 0 Å². The summed E-state index contributed by atoms with van der Waals surface area (Å²) >= 11 is 0. The van der Waals surface area contributed by atoms with E-state index in [9.17, 15) is 9.59 Å². The number of carbonyl (C=O) groups excluding carboxylic acids is 2. The van der Waals surface area contributed by atoms with Crippen molar-refractivity contribution < 1.29 is 28.7 Å². The summed E-state index contributed by atoms with van der Waals surface area (Å²) in [6, 6.07) is 0. The minimum absolute atomic E-state index is 0.250. The molecule has 0 radical (unpaired) electrons. The Hall–Kier alpha value is -1.70. The number of hydrogen-bond acceptors (Lipinski definition) is 7. The molecule has 0 saturated heterocycles. The Morgan fingerprint density at radius 2 is 1.67 bits per heavy atom. The van der Waals surface area contributed by atoms with E-state index in [-0.39, 0.29) is 5.57 Å². The van der Waals surface area contributed by atoms with Crippen LogP contribution in [0.1, 0.15) is 20.8 Å². The molecule has 2 unspecified atom stereocenters. The molecule has 7 nitrogen and oxygen atoms in total. The zero-order valence-electron chi connectivity index (χ0n) is 10.6. The monoisotopic (exact) mass is 259 g/mol. The first-order valence-corrected chi connectivity index (χ1v) is 5.12. The predicted molar refractivity (Wildman–Crippen MR) is 61.4 cm³/mol. The highest BCUT2D eigenvalue weighted by molar-refractivity contribution is 5.86. The second kappa shape index (κ2) is 8.40. The SMILES string of the molecule is C=CC(=O)OC(C)ONOC(C)OC(=O)C(=C)C. The Labute approximate surface area is 105 Å². The van der Waals surface area contributed by atoms with Gasteiger partial charge >= 0.3 is 11.9 Å². The molecular weight excluding hydrogens is 242 g/mol. The largest absolute Gasteiger partial charge is 0.431 e. The zero-order chi connectivity index (χ0) is 14.1. The molecule has 1 N–H and O–H groups in total. The second-order valence-corrected chi connectivity index (χ2v) is 3.28. The van der Waals surface area contributed by atoms with Crippen LogP contribution in [0.4, 0.5) is 0 Å². The van der Waals surface area contributed by atoms with Crippen molar-refractivity contribution in [1.82, 2.24) is 5.64 Å². The van der Waals surface area contributed by atoms with Crippen molar-refractivity contribution in [1.29, 1.82) is 0 Å². The number of nitrogens with one attached hydrogen (secondary N) is 1. The van der Waals surface area contributed by atoms with Crippen molar-refractivity contribution in [2.24, 2.45) is 0 Å². The lowest BCUT2D eigenvalue weighted by atomic mass is 10.4. The Bertz CT molecular complexity index is 327. The summed E-state index contributed by atoms with van der Waals surface area (Å²) in [6.07, 6.45) is -0.783. The Morgan fingerprint density at radius 3 is 2.11 bits per heavy atom. The topological polar surface area (TPSA) is 83.1 Å². The highest BCUT2D eigenvalue weighted by atomic mass is 17.0. The molecule has 0 aliphatic carbocycles. The Kier molecular flexibility index (Phi) is 7.61. The van der Waals surface area contributed by atoms with Gasteiger partial charge in [-0.15, -0.1) is 0 Å². The van der Waals surface area contributed by atoms with E-state index in [2.05, 4.69) is 17.9 Å². The van der Waals surface area contributed by atoms with Gasteiger partial charge in [0.25, 0.3) is 0 Å². The van der Waals surface area contributed by atoms with Gasteiger partial charge in [0.1, 0.15) is 0 Å². The lowest BCUT2D eigenvalue weighted by molar-refractivity contribution is -0.295. The third-order valence-electron chi connectivity index (χ3n) is 1.50. The molecule has 0 amide bonds. The molecule has 18 heavy (non-hydrogen) atoms. The number of esters is 2. The van der Waals surface area contributed by atoms with Crippen LogP contribution in [0.25, 0.3) is 0 Å². The van der Waals surface area contributed by atoms with Gasteiger partial charge in [-0.25, -0.2) is 19.3 Å². The summed E-state index contributed by atoms with van der Waals surface area (Å²) in [6.45, 7) is 11.1. The van der Waals surface area contributed by atoms with Crippen LogP contribution in [-0.2, 0) is 28.7 Å². The molecule has 2 atom stereocenters. The highest BCUT2D eigenvalue weighted by Crippen LogP contribution is 1.99. The summed E-state index contributed by atoms with van der Waals surface area (Å²) in [7, 11) is 0. The van der Waals surface area contributed by atoms with E-state index in [1.165, 1.54) is 20.8 Å². The van der Waals surface area contributed by atoms with Crippen LogP contribution in [-0.4, -0.2) is 24.5 Å². The fraction of sp³-hybridized carbons (Fsp3) is 0.455. The average Bonchev–Trinajstić information content (AvgIpc) is 2.28. The van der Waals surface area contributed by atoms with Gasteiger partial charge in [0.2, 0.25) is 12.6 Å². The van der Waals surface area contributed by atoms with Gasteiger partial charge in [0.15, 0.2) is 0 Å². The minimum atomic E-state index is -0.892. The van der Waals surface area contributed by atoms with Crippen molar-refractivity contribution in [3.63, 3.8) is 0 Å². The maximum absolute atomic E-state index is 11.1. The van der Waals surface area contributed by atoms with Gasteiger partial charge in [-0.05, 0) is 20.8 Å². The van der Waals surface area contributed by atoms with Crippen LogP contribution in [0.2, 0.25) is 0 Å². The molecule has 0 aromatic heterocycles. The maximum Gasteiger partial charge on any atom is 0.335 e. The maximum atomic E-state index is 11.1. The van der Waals surface area contributed by atoms with Crippen LogP contribution in [0.15, 0.2) is 24.8 Å². The van der Waals surface area contributed by atoms with Gasteiger partial charge in [0.05, 0.1) is 0 Å². The number of hydrogen-bond donors (Lipinski definition) is 1. The van der Waals surface area contributed by atoms with Crippen LogP contribution < -0.4 is 5.64 Å². The summed E-state index contributed by atoms with van der Waals surface area (Å²) in [5.74, 6) is -1.22. The summed E-state index contributed by atoms with van der Waals surface area (Å²) in [5, 5.41) is 0. The van der Waals surface area contributed by atoms with Gasteiger partial charge in [0, 0.05) is 11.6 Å². The van der Waals surface area contributed by atoms with E-state index in [0.717, 1.165) is 6.08 Å². The molecule has 0 heterocycles. The van der Waals surface area contributed by atoms with Crippen molar-refractivity contribution >= 4 is 11.9 Å². The molecule has 0 spiro atoms. The smallest absolute Gasteiger partial charge is 0.335 e. The molecular formula is C11H17NO6. The van der Waals surface area contributed by atoms with Crippen molar-refractivity contribution in [2.45, 2.75) is 33.4 Å². The average molecular weight is 259 g/mol. The van der Waals surface area contributed by atoms with Gasteiger partial charge < -0.3 is 9.47 Å². The van der Waals surface area contributed by atoms with E-state index in [4.69, 9.17) is 14.4 Å². The quantitative estimate of drug-likeness (QED) is 0.301. The fourth-order valence-electron chi connectivity index (χ4n) is 0.674. The first kappa shape index (κ1) is 16.3. The van der Waals surface area contributed by atoms with Crippen LogP contribution >= 0.6 is 0 Å². The predicted octanol–water partition coefficient (Wildman–Crippen LogP) is 0.980. The lowest BCUT2D eigenvalue weighted by Gasteiger charge is -2.16. The Balaban J connectivity index is 3.77.